The van der Waals surface area contributed by atoms with Crippen LogP contribution in [0.15, 0.2) is 11.3 Å². The highest BCUT2D eigenvalue weighted by atomic mass is 16.3. The Bertz CT molecular complexity index is 571. The summed E-state index contributed by atoms with van der Waals surface area (Å²) in [6, 6.07) is 0. The first kappa shape index (κ1) is 21.6. The average molecular weight is 352 g/mol. The van der Waals surface area contributed by atoms with Crippen molar-refractivity contribution in [3.05, 3.63) is 11.3 Å². The van der Waals surface area contributed by atoms with Gasteiger partial charge in [-0.05, 0) is 37.5 Å². The zero-order valence-corrected chi connectivity index (χ0v) is 16.3. The summed E-state index contributed by atoms with van der Waals surface area (Å²) >= 11 is 0. The molecule has 0 aliphatic heterocycles. The van der Waals surface area contributed by atoms with Gasteiger partial charge in [-0.15, -0.1) is 0 Å². The molecule has 0 unspecified atom stereocenters. The molecule has 0 aromatic heterocycles. The van der Waals surface area contributed by atoms with Crippen molar-refractivity contribution >= 4 is 17.3 Å². The maximum atomic E-state index is 12.9. The Morgan fingerprint density at radius 2 is 1.56 bits per heavy atom. The molecule has 0 bridgehead atoms. The number of hydrogen-bond acceptors (Lipinski definition) is 5. The third-order valence-corrected chi connectivity index (χ3v) is 4.80. The number of carbonyl (C=O) groups is 3. The molecular formula is C20H32O5. The van der Waals surface area contributed by atoms with Gasteiger partial charge in [0, 0.05) is 5.92 Å². The van der Waals surface area contributed by atoms with Crippen molar-refractivity contribution in [3.8, 4) is 0 Å². The smallest absolute Gasteiger partial charge is 0.182 e. The summed E-state index contributed by atoms with van der Waals surface area (Å²) in [7, 11) is 0. The minimum Gasteiger partial charge on any atom is -0.508 e. The standard InChI is InChI=1S/C20H32O5/c1-11(2)7-8-14-17(22)15(16(21)13(5)6)19(24)20(25,18(14)23)10-9-12(3)4/h11-14,24-25H,7-10H2,1-6H3/t14-,20+/m1/s1. The van der Waals surface area contributed by atoms with Gasteiger partial charge in [-0.2, -0.15) is 0 Å². The number of rotatable bonds is 8. The van der Waals surface area contributed by atoms with Gasteiger partial charge in [0.1, 0.15) is 11.3 Å². The zero-order chi connectivity index (χ0) is 19.5. The molecule has 0 heterocycles. The van der Waals surface area contributed by atoms with E-state index in [0.717, 1.165) is 0 Å². The van der Waals surface area contributed by atoms with Gasteiger partial charge in [-0.1, -0.05) is 41.5 Å². The van der Waals surface area contributed by atoms with Crippen molar-refractivity contribution in [2.45, 2.75) is 72.8 Å². The van der Waals surface area contributed by atoms with E-state index in [1.165, 1.54) is 0 Å². The first-order valence-electron chi connectivity index (χ1n) is 9.22. The number of allylic oxidation sites excluding steroid dienone is 1. The second-order valence-corrected chi connectivity index (χ2v) is 8.29. The monoisotopic (exact) mass is 352 g/mol. The summed E-state index contributed by atoms with van der Waals surface area (Å²) in [6.07, 6.45) is 1.42. The minimum atomic E-state index is -2.14. The van der Waals surface area contributed by atoms with Gasteiger partial charge < -0.3 is 10.2 Å². The van der Waals surface area contributed by atoms with E-state index in [-0.39, 0.29) is 30.3 Å². The van der Waals surface area contributed by atoms with E-state index in [1.54, 1.807) is 13.8 Å². The molecule has 0 aromatic carbocycles. The Labute approximate surface area is 150 Å². The molecule has 0 aromatic rings. The molecule has 0 amide bonds. The summed E-state index contributed by atoms with van der Waals surface area (Å²) in [5.41, 5.74) is -2.52. The lowest BCUT2D eigenvalue weighted by Gasteiger charge is -2.36. The number of Topliss-reactive ketones (excluding diaryl/α,β-unsaturated/α-hetero) is 3. The lowest BCUT2D eigenvalue weighted by molar-refractivity contribution is -0.149. The number of aliphatic hydroxyl groups excluding tert-OH is 1. The van der Waals surface area contributed by atoms with E-state index >= 15 is 0 Å². The van der Waals surface area contributed by atoms with Gasteiger partial charge in [0.2, 0.25) is 0 Å². The summed E-state index contributed by atoms with van der Waals surface area (Å²) in [5, 5.41) is 21.5. The number of carbonyl (C=O) groups excluding carboxylic acids is 3. The number of ketones is 3. The van der Waals surface area contributed by atoms with Gasteiger partial charge in [0.15, 0.2) is 23.0 Å². The van der Waals surface area contributed by atoms with Crippen molar-refractivity contribution < 1.29 is 24.6 Å². The largest absolute Gasteiger partial charge is 0.508 e. The highest BCUT2D eigenvalue weighted by Gasteiger charge is 2.53. The second kappa shape index (κ2) is 8.26. The maximum Gasteiger partial charge on any atom is 0.182 e. The molecule has 2 atom stereocenters. The van der Waals surface area contributed by atoms with Crippen molar-refractivity contribution in [2.24, 2.45) is 23.7 Å². The van der Waals surface area contributed by atoms with Crippen molar-refractivity contribution in [3.63, 3.8) is 0 Å². The normalized spacial score (nSPS) is 24.8. The SMILES string of the molecule is CC(C)CC[C@@H]1C(=O)C(C(=O)C(C)C)=C(O)[C@](O)(CCC(C)C)C1=O. The van der Waals surface area contributed by atoms with Crippen LogP contribution in [0.2, 0.25) is 0 Å². The molecule has 0 saturated carbocycles. The third kappa shape index (κ3) is 4.57. The lowest BCUT2D eigenvalue weighted by Crippen LogP contribution is -2.53. The van der Waals surface area contributed by atoms with Crippen LogP contribution in [0.1, 0.15) is 67.2 Å². The molecule has 5 heteroatoms. The number of aliphatic hydroxyl groups is 2. The summed E-state index contributed by atoms with van der Waals surface area (Å²) < 4.78 is 0. The fourth-order valence-electron chi connectivity index (χ4n) is 3.05. The van der Waals surface area contributed by atoms with Gasteiger partial charge >= 0.3 is 0 Å². The molecule has 142 valence electrons. The highest BCUT2D eigenvalue weighted by molar-refractivity contribution is 6.29. The van der Waals surface area contributed by atoms with Crippen LogP contribution in [0.3, 0.4) is 0 Å². The van der Waals surface area contributed by atoms with Crippen molar-refractivity contribution in [1.29, 1.82) is 0 Å². The van der Waals surface area contributed by atoms with Crippen LogP contribution in [-0.4, -0.2) is 33.2 Å². The van der Waals surface area contributed by atoms with Gasteiger partial charge in [0.05, 0.1) is 5.92 Å². The highest BCUT2D eigenvalue weighted by Crippen LogP contribution is 2.38. The Hall–Kier alpha value is -1.49. The molecule has 0 spiro atoms. The van der Waals surface area contributed by atoms with E-state index < -0.39 is 40.5 Å². The second-order valence-electron chi connectivity index (χ2n) is 8.29. The van der Waals surface area contributed by atoms with E-state index in [2.05, 4.69) is 0 Å². The third-order valence-electron chi connectivity index (χ3n) is 4.80. The van der Waals surface area contributed by atoms with Crippen LogP contribution in [0.5, 0.6) is 0 Å². The summed E-state index contributed by atoms with van der Waals surface area (Å²) in [6.45, 7) is 11.1. The summed E-state index contributed by atoms with van der Waals surface area (Å²) in [4.78, 5) is 38.1. The summed E-state index contributed by atoms with van der Waals surface area (Å²) in [5.74, 6) is -3.65. The Morgan fingerprint density at radius 3 is 2.00 bits per heavy atom. The van der Waals surface area contributed by atoms with Crippen LogP contribution < -0.4 is 0 Å². The lowest BCUT2D eigenvalue weighted by atomic mass is 9.69. The predicted molar refractivity (Wildman–Crippen MR) is 96.1 cm³/mol. The van der Waals surface area contributed by atoms with Crippen LogP contribution in [0, 0.1) is 23.7 Å². The van der Waals surface area contributed by atoms with E-state index in [4.69, 9.17) is 0 Å². The Morgan fingerprint density at radius 1 is 1.04 bits per heavy atom. The van der Waals surface area contributed by atoms with Gasteiger partial charge in [-0.25, -0.2) is 0 Å². The molecular weight excluding hydrogens is 320 g/mol. The molecule has 1 aliphatic carbocycles. The van der Waals surface area contributed by atoms with E-state index in [1.807, 2.05) is 27.7 Å². The quantitative estimate of drug-likeness (QED) is 0.516. The van der Waals surface area contributed by atoms with Crippen molar-refractivity contribution in [2.75, 3.05) is 0 Å². The van der Waals surface area contributed by atoms with Crippen LogP contribution in [-0.2, 0) is 14.4 Å². The molecule has 1 rings (SSSR count). The predicted octanol–water partition coefficient (Wildman–Crippen LogP) is 3.40. The van der Waals surface area contributed by atoms with Crippen molar-refractivity contribution in [1.82, 2.24) is 0 Å². The first-order chi connectivity index (χ1) is 11.4. The topological polar surface area (TPSA) is 91.7 Å². The molecule has 0 radical (unpaired) electrons. The van der Waals surface area contributed by atoms with E-state index in [0.29, 0.717) is 12.8 Å². The Balaban J connectivity index is 3.39. The molecule has 1 aliphatic rings. The Kier molecular flexibility index (Phi) is 7.12. The number of hydrogen-bond donors (Lipinski definition) is 2. The fourth-order valence-corrected chi connectivity index (χ4v) is 3.05. The average Bonchev–Trinajstić information content (AvgIpc) is 2.50. The first-order valence-corrected chi connectivity index (χ1v) is 9.22. The fraction of sp³-hybridized carbons (Fsp3) is 0.750. The van der Waals surface area contributed by atoms with Gasteiger partial charge in [-0.3, -0.25) is 14.4 Å². The van der Waals surface area contributed by atoms with Gasteiger partial charge in [0.25, 0.3) is 0 Å². The van der Waals surface area contributed by atoms with E-state index in [9.17, 15) is 24.6 Å². The molecule has 2 N–H and O–H groups in total. The zero-order valence-electron chi connectivity index (χ0n) is 16.3. The maximum absolute atomic E-state index is 12.9. The van der Waals surface area contributed by atoms with Crippen LogP contribution >= 0.6 is 0 Å². The molecule has 5 nitrogen and oxygen atoms in total. The van der Waals surface area contributed by atoms with Crippen LogP contribution in [0.25, 0.3) is 0 Å². The molecule has 0 saturated heterocycles. The minimum absolute atomic E-state index is 0.00959. The van der Waals surface area contributed by atoms with Crippen LogP contribution in [0.4, 0.5) is 0 Å². The molecule has 25 heavy (non-hydrogen) atoms. The molecule has 0 fully saturated rings.